The molecule has 0 aliphatic carbocycles. The Bertz CT molecular complexity index is 775. The quantitative estimate of drug-likeness (QED) is 0.799. The van der Waals surface area contributed by atoms with E-state index >= 15 is 0 Å². The number of aromatic nitrogens is 2. The Balaban J connectivity index is 1.47. The topological polar surface area (TPSA) is 95.5 Å². The van der Waals surface area contributed by atoms with E-state index in [-0.39, 0.29) is 12.5 Å². The minimum absolute atomic E-state index is 0.0645. The molecule has 0 N–H and O–H groups in total. The molecule has 0 atom stereocenters. The van der Waals surface area contributed by atoms with Gasteiger partial charge in [-0.3, -0.25) is 9.69 Å². The van der Waals surface area contributed by atoms with Gasteiger partial charge >= 0.3 is 0 Å². The number of nitriles is 1. The summed E-state index contributed by atoms with van der Waals surface area (Å²) in [5.41, 5.74) is 2.05. The smallest absolute Gasteiger partial charge is 0.260 e. The molecule has 0 bridgehead atoms. The second kappa shape index (κ2) is 7.77. The Kier molecular flexibility index (Phi) is 5.26. The first-order valence-electron chi connectivity index (χ1n) is 8.07. The molecule has 2 aromatic rings. The summed E-state index contributed by atoms with van der Waals surface area (Å²) in [4.78, 5) is 16.3. The lowest BCUT2D eigenvalue weighted by molar-refractivity contribution is -0.135. The van der Waals surface area contributed by atoms with Crippen molar-refractivity contribution >= 4 is 5.91 Å². The summed E-state index contributed by atoms with van der Waals surface area (Å²) < 4.78 is 10.2. The summed E-state index contributed by atoms with van der Waals surface area (Å²) in [6, 6.07) is 8.95. The summed E-state index contributed by atoms with van der Waals surface area (Å²) in [6.45, 7) is 5.24. The highest BCUT2D eigenvalue weighted by Crippen LogP contribution is 2.17. The molecule has 2 heterocycles. The Morgan fingerprint density at radius 1 is 1.28 bits per heavy atom. The fourth-order valence-corrected chi connectivity index (χ4v) is 2.68. The van der Waals surface area contributed by atoms with Gasteiger partial charge in [0, 0.05) is 32.7 Å². The van der Waals surface area contributed by atoms with Crippen LogP contribution in [0.25, 0.3) is 0 Å². The highest BCUT2D eigenvalue weighted by molar-refractivity contribution is 5.78. The van der Waals surface area contributed by atoms with E-state index in [1.54, 1.807) is 29.2 Å². The van der Waals surface area contributed by atoms with E-state index in [0.29, 0.717) is 30.9 Å². The van der Waals surface area contributed by atoms with Crippen LogP contribution in [0.4, 0.5) is 0 Å². The van der Waals surface area contributed by atoms with Gasteiger partial charge in [-0.1, -0.05) is 22.4 Å². The first-order valence-corrected chi connectivity index (χ1v) is 8.07. The standard InChI is InChI=1S/C17H19N5O3/c1-13-15(20-25-19-13)11-21-6-8-22(9-7-21)17(23)12-24-16-5-3-2-4-14(16)10-18/h2-5H,6-9,11-12H2,1H3. The molecule has 1 aliphatic heterocycles. The summed E-state index contributed by atoms with van der Waals surface area (Å²) >= 11 is 0. The number of aryl methyl sites for hydroxylation is 1. The minimum Gasteiger partial charge on any atom is -0.482 e. The summed E-state index contributed by atoms with van der Waals surface area (Å²) in [6.07, 6.45) is 0. The van der Waals surface area contributed by atoms with Crippen LogP contribution in [0.5, 0.6) is 5.75 Å². The van der Waals surface area contributed by atoms with Gasteiger partial charge in [-0.15, -0.1) is 0 Å². The van der Waals surface area contributed by atoms with Crippen LogP contribution >= 0.6 is 0 Å². The highest BCUT2D eigenvalue weighted by Gasteiger charge is 2.23. The number of piperazine rings is 1. The Morgan fingerprint density at radius 3 is 2.72 bits per heavy atom. The molecule has 0 saturated carbocycles. The third-order valence-electron chi connectivity index (χ3n) is 4.20. The molecule has 0 radical (unpaired) electrons. The Hall–Kier alpha value is -2.92. The van der Waals surface area contributed by atoms with Gasteiger partial charge < -0.3 is 9.64 Å². The first-order chi connectivity index (χ1) is 12.2. The van der Waals surface area contributed by atoms with E-state index in [2.05, 4.69) is 21.3 Å². The van der Waals surface area contributed by atoms with Gasteiger partial charge in [0.2, 0.25) is 0 Å². The van der Waals surface area contributed by atoms with Crippen LogP contribution in [0.15, 0.2) is 28.9 Å². The molecule has 1 fully saturated rings. The zero-order valence-electron chi connectivity index (χ0n) is 14.0. The van der Waals surface area contributed by atoms with Gasteiger partial charge in [-0.2, -0.15) is 5.26 Å². The molecule has 0 spiro atoms. The molecule has 3 rings (SSSR count). The van der Waals surface area contributed by atoms with Gasteiger partial charge in [-0.25, -0.2) is 4.63 Å². The summed E-state index contributed by atoms with van der Waals surface area (Å²) in [7, 11) is 0. The minimum atomic E-state index is -0.0772. The van der Waals surface area contributed by atoms with E-state index in [9.17, 15) is 4.79 Å². The molecular weight excluding hydrogens is 322 g/mol. The van der Waals surface area contributed by atoms with Crippen molar-refractivity contribution < 1.29 is 14.2 Å². The molecule has 130 valence electrons. The number of hydrogen-bond acceptors (Lipinski definition) is 7. The van der Waals surface area contributed by atoms with Crippen molar-refractivity contribution in [2.24, 2.45) is 0 Å². The van der Waals surface area contributed by atoms with Crippen LogP contribution in [-0.2, 0) is 11.3 Å². The van der Waals surface area contributed by atoms with E-state index < -0.39 is 0 Å². The van der Waals surface area contributed by atoms with Crippen LogP contribution < -0.4 is 4.74 Å². The SMILES string of the molecule is Cc1nonc1CN1CCN(C(=O)COc2ccccc2C#N)CC1. The van der Waals surface area contributed by atoms with Crippen LogP contribution in [0.1, 0.15) is 17.0 Å². The summed E-state index contributed by atoms with van der Waals surface area (Å²) in [5.74, 6) is 0.359. The van der Waals surface area contributed by atoms with Crippen LogP contribution in [0, 0.1) is 18.3 Å². The number of para-hydroxylation sites is 1. The number of benzene rings is 1. The largest absolute Gasteiger partial charge is 0.482 e. The number of carbonyl (C=O) groups is 1. The maximum Gasteiger partial charge on any atom is 0.260 e. The zero-order chi connectivity index (χ0) is 17.6. The number of hydrogen-bond donors (Lipinski definition) is 0. The van der Waals surface area contributed by atoms with Gasteiger partial charge in [0.1, 0.15) is 23.2 Å². The lowest BCUT2D eigenvalue weighted by Crippen LogP contribution is -2.49. The Labute approximate surface area is 145 Å². The third-order valence-corrected chi connectivity index (χ3v) is 4.20. The van der Waals surface area contributed by atoms with Crippen molar-refractivity contribution in [1.82, 2.24) is 20.1 Å². The van der Waals surface area contributed by atoms with Crippen LogP contribution in [0.3, 0.4) is 0 Å². The van der Waals surface area contributed by atoms with E-state index in [0.717, 1.165) is 24.5 Å². The number of nitrogens with zero attached hydrogens (tertiary/aromatic N) is 5. The van der Waals surface area contributed by atoms with Crippen molar-refractivity contribution in [3.05, 3.63) is 41.2 Å². The van der Waals surface area contributed by atoms with Gasteiger partial charge in [0.25, 0.3) is 5.91 Å². The lowest BCUT2D eigenvalue weighted by Gasteiger charge is -2.34. The maximum absolute atomic E-state index is 12.3. The second-order valence-corrected chi connectivity index (χ2v) is 5.85. The molecule has 1 aromatic carbocycles. The fraction of sp³-hybridized carbons (Fsp3) is 0.412. The normalized spacial score (nSPS) is 15.0. The van der Waals surface area contributed by atoms with Crippen molar-refractivity contribution in [2.45, 2.75) is 13.5 Å². The van der Waals surface area contributed by atoms with Crippen LogP contribution in [0.2, 0.25) is 0 Å². The van der Waals surface area contributed by atoms with Gasteiger partial charge in [0.15, 0.2) is 6.61 Å². The molecule has 1 aromatic heterocycles. The van der Waals surface area contributed by atoms with Crippen molar-refractivity contribution in [3.63, 3.8) is 0 Å². The molecule has 1 amide bonds. The average molecular weight is 341 g/mol. The highest BCUT2D eigenvalue weighted by atomic mass is 16.6. The number of carbonyl (C=O) groups excluding carboxylic acids is 1. The van der Waals surface area contributed by atoms with E-state index in [1.807, 2.05) is 6.92 Å². The maximum atomic E-state index is 12.3. The van der Waals surface area contributed by atoms with Crippen molar-refractivity contribution in [3.8, 4) is 11.8 Å². The molecule has 8 heteroatoms. The number of rotatable bonds is 5. The molecular formula is C17H19N5O3. The number of amides is 1. The zero-order valence-corrected chi connectivity index (χ0v) is 14.0. The molecule has 0 unspecified atom stereocenters. The number of ether oxygens (including phenoxy) is 1. The second-order valence-electron chi connectivity index (χ2n) is 5.85. The lowest BCUT2D eigenvalue weighted by atomic mass is 10.2. The fourth-order valence-electron chi connectivity index (χ4n) is 2.68. The molecule has 1 aliphatic rings. The predicted molar refractivity (Wildman–Crippen MR) is 87.5 cm³/mol. The van der Waals surface area contributed by atoms with Gasteiger partial charge in [0.05, 0.1) is 5.56 Å². The summed E-state index contributed by atoms with van der Waals surface area (Å²) in [5, 5.41) is 16.7. The van der Waals surface area contributed by atoms with Gasteiger partial charge in [-0.05, 0) is 19.1 Å². The van der Waals surface area contributed by atoms with Crippen molar-refractivity contribution in [2.75, 3.05) is 32.8 Å². The predicted octanol–water partition coefficient (Wildman–Crippen LogP) is 0.973. The third kappa shape index (κ3) is 4.14. The average Bonchev–Trinajstić information content (AvgIpc) is 3.05. The first kappa shape index (κ1) is 16.9. The molecule has 8 nitrogen and oxygen atoms in total. The molecule has 1 saturated heterocycles. The van der Waals surface area contributed by atoms with Crippen molar-refractivity contribution in [1.29, 1.82) is 5.26 Å². The Morgan fingerprint density at radius 2 is 2.04 bits per heavy atom. The van der Waals surface area contributed by atoms with E-state index in [4.69, 9.17) is 14.6 Å². The van der Waals surface area contributed by atoms with Crippen LogP contribution in [-0.4, -0.2) is 58.8 Å². The monoisotopic (exact) mass is 341 g/mol. The molecule has 25 heavy (non-hydrogen) atoms. The van der Waals surface area contributed by atoms with E-state index in [1.165, 1.54) is 0 Å².